The highest BCUT2D eigenvalue weighted by atomic mass is 15.2. The first-order valence-corrected chi connectivity index (χ1v) is 5.34. The van der Waals surface area contributed by atoms with Gasteiger partial charge >= 0.3 is 0 Å². The van der Waals surface area contributed by atoms with Gasteiger partial charge in [0.2, 0.25) is 0 Å². The molecule has 0 amide bonds. The van der Waals surface area contributed by atoms with Crippen LogP contribution in [0.4, 0.5) is 0 Å². The minimum Gasteiger partial charge on any atom is -0.326 e. The largest absolute Gasteiger partial charge is 0.326 e. The molecule has 0 bridgehead atoms. The van der Waals surface area contributed by atoms with Crippen molar-refractivity contribution in [3.8, 4) is 12.1 Å². The quantitative estimate of drug-likeness (QED) is 0.755. The second kappa shape index (κ2) is 6.59. The maximum atomic E-state index is 8.78. The standard InChI is InChI=1S/C12H15N5/c1-10(15)12(11-3-2-6-16-9-11)17(7-4-13)8-5-14/h2-3,6,9-10,12H,7-8,15H2,1H3. The third-order valence-corrected chi connectivity index (χ3v) is 2.46. The Kier molecular flexibility index (Phi) is 5.09. The number of nitrogens with two attached hydrogens (primary N) is 1. The molecule has 2 N–H and O–H groups in total. The summed E-state index contributed by atoms with van der Waals surface area (Å²) >= 11 is 0. The van der Waals surface area contributed by atoms with E-state index in [1.165, 1.54) is 0 Å². The lowest BCUT2D eigenvalue weighted by atomic mass is 10.0. The number of nitrogens with zero attached hydrogens (tertiary/aromatic N) is 4. The third-order valence-electron chi connectivity index (χ3n) is 2.46. The van der Waals surface area contributed by atoms with Crippen molar-refractivity contribution in [1.82, 2.24) is 9.88 Å². The maximum absolute atomic E-state index is 8.78. The molecular weight excluding hydrogens is 214 g/mol. The molecule has 5 heteroatoms. The molecule has 0 aliphatic rings. The summed E-state index contributed by atoms with van der Waals surface area (Å²) in [4.78, 5) is 5.79. The van der Waals surface area contributed by atoms with Gasteiger partial charge in [-0.1, -0.05) is 6.07 Å². The van der Waals surface area contributed by atoms with Crippen molar-refractivity contribution in [1.29, 1.82) is 10.5 Å². The van der Waals surface area contributed by atoms with E-state index in [4.69, 9.17) is 16.3 Å². The van der Waals surface area contributed by atoms with Crippen molar-refractivity contribution >= 4 is 0 Å². The lowest BCUT2D eigenvalue weighted by Crippen LogP contribution is -2.40. The van der Waals surface area contributed by atoms with E-state index >= 15 is 0 Å². The van der Waals surface area contributed by atoms with Gasteiger partial charge in [0.15, 0.2) is 0 Å². The molecule has 0 fully saturated rings. The molecule has 0 aliphatic carbocycles. The van der Waals surface area contributed by atoms with Gasteiger partial charge in [0.1, 0.15) is 0 Å². The van der Waals surface area contributed by atoms with Crippen LogP contribution in [0.3, 0.4) is 0 Å². The highest BCUT2D eigenvalue weighted by Crippen LogP contribution is 2.21. The minimum absolute atomic E-state index is 0.164. The number of nitriles is 2. The Morgan fingerprint density at radius 1 is 1.41 bits per heavy atom. The topological polar surface area (TPSA) is 89.7 Å². The van der Waals surface area contributed by atoms with Crippen LogP contribution in [0.5, 0.6) is 0 Å². The summed E-state index contributed by atoms with van der Waals surface area (Å²) in [6.45, 7) is 2.21. The zero-order valence-electron chi connectivity index (χ0n) is 9.74. The van der Waals surface area contributed by atoms with E-state index in [-0.39, 0.29) is 25.2 Å². The lowest BCUT2D eigenvalue weighted by molar-refractivity contribution is 0.221. The highest BCUT2D eigenvalue weighted by molar-refractivity contribution is 5.17. The van der Waals surface area contributed by atoms with Crippen molar-refractivity contribution in [3.05, 3.63) is 30.1 Å². The van der Waals surface area contributed by atoms with Crippen LogP contribution < -0.4 is 5.73 Å². The SMILES string of the molecule is CC(N)C(c1cccnc1)N(CC#N)CC#N. The van der Waals surface area contributed by atoms with Gasteiger partial charge in [0.25, 0.3) is 0 Å². The third kappa shape index (κ3) is 3.53. The fourth-order valence-corrected chi connectivity index (χ4v) is 1.83. The lowest BCUT2D eigenvalue weighted by Gasteiger charge is -2.30. The summed E-state index contributed by atoms with van der Waals surface area (Å²) in [6.07, 6.45) is 3.40. The fraction of sp³-hybridized carbons (Fsp3) is 0.417. The molecule has 5 nitrogen and oxygen atoms in total. The Labute approximate surface area is 101 Å². The summed E-state index contributed by atoms with van der Waals surface area (Å²) in [6, 6.07) is 7.50. The number of rotatable bonds is 5. The fourth-order valence-electron chi connectivity index (χ4n) is 1.83. The van der Waals surface area contributed by atoms with Gasteiger partial charge in [-0.3, -0.25) is 9.88 Å². The van der Waals surface area contributed by atoms with Crippen molar-refractivity contribution in [2.45, 2.75) is 19.0 Å². The molecule has 0 spiro atoms. The van der Waals surface area contributed by atoms with E-state index in [0.29, 0.717) is 0 Å². The van der Waals surface area contributed by atoms with Crippen LogP contribution in [-0.2, 0) is 0 Å². The Balaban J connectivity index is 3.00. The zero-order valence-corrected chi connectivity index (χ0v) is 9.74. The summed E-state index contributed by atoms with van der Waals surface area (Å²) in [5, 5.41) is 17.6. The summed E-state index contributed by atoms with van der Waals surface area (Å²) in [5.41, 5.74) is 6.87. The Morgan fingerprint density at radius 3 is 2.47 bits per heavy atom. The van der Waals surface area contributed by atoms with Crippen molar-refractivity contribution in [2.24, 2.45) is 5.73 Å². The molecule has 0 saturated heterocycles. The number of hydrogen-bond acceptors (Lipinski definition) is 5. The molecule has 0 radical (unpaired) electrons. The summed E-state index contributed by atoms with van der Waals surface area (Å²) in [7, 11) is 0. The van der Waals surface area contributed by atoms with Crippen LogP contribution in [0.2, 0.25) is 0 Å². The number of pyridine rings is 1. The molecule has 2 atom stereocenters. The van der Waals surface area contributed by atoms with Crippen molar-refractivity contribution in [2.75, 3.05) is 13.1 Å². The van der Waals surface area contributed by atoms with Crippen molar-refractivity contribution < 1.29 is 0 Å². The van der Waals surface area contributed by atoms with Gasteiger partial charge in [-0.15, -0.1) is 0 Å². The maximum Gasteiger partial charge on any atom is 0.0879 e. The van der Waals surface area contributed by atoms with E-state index in [0.717, 1.165) is 5.56 Å². The van der Waals surface area contributed by atoms with Gasteiger partial charge in [-0.05, 0) is 18.6 Å². The smallest absolute Gasteiger partial charge is 0.0879 e. The van der Waals surface area contributed by atoms with Gasteiger partial charge in [0.05, 0.1) is 31.3 Å². The number of aromatic nitrogens is 1. The van der Waals surface area contributed by atoms with E-state index in [1.54, 1.807) is 17.3 Å². The van der Waals surface area contributed by atoms with Gasteiger partial charge in [-0.2, -0.15) is 10.5 Å². The van der Waals surface area contributed by atoms with Crippen LogP contribution in [-0.4, -0.2) is 29.0 Å². The van der Waals surface area contributed by atoms with Crippen LogP contribution in [0.25, 0.3) is 0 Å². The molecule has 1 aromatic rings. The second-order valence-electron chi connectivity index (χ2n) is 3.81. The molecule has 1 heterocycles. The summed E-state index contributed by atoms with van der Waals surface area (Å²) in [5.74, 6) is 0. The molecule has 88 valence electrons. The van der Waals surface area contributed by atoms with Crippen LogP contribution in [0.15, 0.2) is 24.5 Å². The molecule has 1 rings (SSSR count). The molecule has 1 aromatic heterocycles. The summed E-state index contributed by atoms with van der Waals surface area (Å²) < 4.78 is 0. The second-order valence-corrected chi connectivity index (χ2v) is 3.81. The first-order valence-electron chi connectivity index (χ1n) is 5.34. The zero-order chi connectivity index (χ0) is 12.7. The number of hydrogen-bond donors (Lipinski definition) is 1. The molecular formula is C12H15N5. The van der Waals surface area contributed by atoms with Crippen LogP contribution in [0.1, 0.15) is 18.5 Å². The minimum atomic E-state index is -0.180. The Morgan fingerprint density at radius 2 is 2.06 bits per heavy atom. The van der Waals surface area contributed by atoms with Crippen molar-refractivity contribution in [3.63, 3.8) is 0 Å². The van der Waals surface area contributed by atoms with Crippen LogP contribution in [0, 0.1) is 22.7 Å². The normalized spacial score (nSPS) is 13.7. The average molecular weight is 229 g/mol. The monoisotopic (exact) mass is 229 g/mol. The molecule has 0 aromatic carbocycles. The Bertz CT molecular complexity index is 399. The molecule has 17 heavy (non-hydrogen) atoms. The first kappa shape index (κ1) is 13.1. The van der Waals surface area contributed by atoms with E-state index in [1.807, 2.05) is 19.1 Å². The van der Waals surface area contributed by atoms with E-state index in [2.05, 4.69) is 17.1 Å². The van der Waals surface area contributed by atoms with Gasteiger partial charge in [0, 0.05) is 18.4 Å². The van der Waals surface area contributed by atoms with E-state index < -0.39 is 0 Å². The molecule has 0 aliphatic heterocycles. The molecule has 0 saturated carbocycles. The van der Waals surface area contributed by atoms with Crippen LogP contribution >= 0.6 is 0 Å². The Hall–Kier alpha value is -1.95. The average Bonchev–Trinajstić information content (AvgIpc) is 2.31. The molecule has 2 unspecified atom stereocenters. The highest BCUT2D eigenvalue weighted by Gasteiger charge is 2.23. The van der Waals surface area contributed by atoms with Gasteiger partial charge in [-0.25, -0.2) is 0 Å². The van der Waals surface area contributed by atoms with Gasteiger partial charge < -0.3 is 5.73 Å². The first-order chi connectivity index (χ1) is 8.20. The predicted octanol–water partition coefficient (Wildman–Crippen LogP) is 0.819. The predicted molar refractivity (Wildman–Crippen MR) is 63.4 cm³/mol. The van der Waals surface area contributed by atoms with E-state index in [9.17, 15) is 0 Å².